The van der Waals surface area contributed by atoms with Crippen molar-refractivity contribution in [2.45, 2.75) is 45.3 Å². The Morgan fingerprint density at radius 1 is 1.67 bits per heavy atom. The van der Waals surface area contributed by atoms with Crippen LogP contribution in [0.15, 0.2) is 6.20 Å². The van der Waals surface area contributed by atoms with E-state index in [1.165, 1.54) is 12.1 Å². The molecular weight excluding hydrogens is 208 g/mol. The van der Waals surface area contributed by atoms with Crippen molar-refractivity contribution < 1.29 is 4.74 Å². The number of nitrogens with zero attached hydrogens (tertiary/aromatic N) is 1. The molecule has 3 nitrogen and oxygen atoms in total. The first-order valence-corrected chi connectivity index (χ1v) is 5.99. The summed E-state index contributed by atoms with van der Waals surface area (Å²) in [5.41, 5.74) is 1.27. The summed E-state index contributed by atoms with van der Waals surface area (Å²) in [6, 6.07) is 0. The van der Waals surface area contributed by atoms with Gasteiger partial charge in [0.05, 0.1) is 12.6 Å². The summed E-state index contributed by atoms with van der Waals surface area (Å²) in [5, 5.41) is 0. The minimum atomic E-state index is 0.352. The molecule has 84 valence electrons. The van der Waals surface area contributed by atoms with Gasteiger partial charge in [-0.25, -0.2) is 0 Å². The van der Waals surface area contributed by atoms with E-state index in [0.717, 1.165) is 24.3 Å². The molecule has 2 heterocycles. The van der Waals surface area contributed by atoms with Gasteiger partial charge in [0, 0.05) is 18.5 Å². The van der Waals surface area contributed by atoms with Gasteiger partial charge < -0.3 is 14.3 Å². The molecule has 1 saturated heterocycles. The lowest BCUT2D eigenvalue weighted by molar-refractivity contribution is 0.0958. The van der Waals surface area contributed by atoms with Crippen LogP contribution in [0.1, 0.15) is 38.3 Å². The monoisotopic (exact) mass is 226 g/mol. The summed E-state index contributed by atoms with van der Waals surface area (Å²) < 4.78 is 8.63. The van der Waals surface area contributed by atoms with Gasteiger partial charge in [0.15, 0.2) is 4.77 Å². The van der Waals surface area contributed by atoms with Gasteiger partial charge in [0.2, 0.25) is 0 Å². The average Bonchev–Trinajstić information content (AvgIpc) is 2.78. The van der Waals surface area contributed by atoms with Crippen molar-refractivity contribution >= 4 is 12.2 Å². The van der Waals surface area contributed by atoms with E-state index in [4.69, 9.17) is 17.0 Å². The lowest BCUT2D eigenvalue weighted by atomic mass is 10.1. The highest BCUT2D eigenvalue weighted by Crippen LogP contribution is 2.19. The molecule has 1 aromatic rings. The maximum atomic E-state index is 5.63. The summed E-state index contributed by atoms with van der Waals surface area (Å²) >= 11 is 5.28. The third kappa shape index (κ3) is 2.32. The smallest absolute Gasteiger partial charge is 0.177 e. The Kier molecular flexibility index (Phi) is 3.26. The molecule has 4 heteroatoms. The van der Waals surface area contributed by atoms with Crippen molar-refractivity contribution in [1.29, 1.82) is 0 Å². The molecule has 0 aromatic carbocycles. The van der Waals surface area contributed by atoms with Gasteiger partial charge in [0.25, 0.3) is 0 Å². The molecule has 1 aliphatic rings. The Morgan fingerprint density at radius 3 is 3.07 bits per heavy atom. The predicted octanol–water partition coefficient (Wildman–Crippen LogP) is 2.85. The Morgan fingerprint density at radius 2 is 2.47 bits per heavy atom. The first-order chi connectivity index (χ1) is 7.18. The van der Waals surface area contributed by atoms with E-state index >= 15 is 0 Å². The number of ether oxygens (including phenoxy) is 1. The maximum absolute atomic E-state index is 5.63. The molecule has 1 fully saturated rings. The molecule has 1 atom stereocenters. The van der Waals surface area contributed by atoms with Gasteiger partial charge in [-0.15, -0.1) is 0 Å². The molecule has 0 bridgehead atoms. The molecule has 1 N–H and O–H groups in total. The Hall–Kier alpha value is -0.610. The molecule has 1 aliphatic heterocycles. The van der Waals surface area contributed by atoms with E-state index in [1.54, 1.807) is 0 Å². The summed E-state index contributed by atoms with van der Waals surface area (Å²) in [5.74, 6) is 0.499. The van der Waals surface area contributed by atoms with Crippen molar-refractivity contribution in [3.8, 4) is 0 Å². The van der Waals surface area contributed by atoms with Crippen LogP contribution in [0.2, 0.25) is 0 Å². The summed E-state index contributed by atoms with van der Waals surface area (Å²) in [4.78, 5) is 3.11. The van der Waals surface area contributed by atoms with Crippen molar-refractivity contribution in [2.75, 3.05) is 6.61 Å². The molecular formula is C11H18N2OS. The summed E-state index contributed by atoms with van der Waals surface area (Å²) in [7, 11) is 0. The topological polar surface area (TPSA) is 29.9 Å². The third-order valence-corrected chi connectivity index (χ3v) is 3.24. The fraction of sp³-hybridized carbons (Fsp3) is 0.727. The maximum Gasteiger partial charge on any atom is 0.177 e. The first-order valence-electron chi connectivity index (χ1n) is 5.58. The standard InChI is InChI=1S/C11H18N2OS/c1-8(2)10-6-12-11(15)13(10)7-9-4-3-5-14-9/h6,8-9H,3-5,7H2,1-2H3,(H,12,15). The highest BCUT2D eigenvalue weighted by Gasteiger charge is 2.18. The Labute approximate surface area is 95.5 Å². The molecule has 0 saturated carbocycles. The highest BCUT2D eigenvalue weighted by molar-refractivity contribution is 7.71. The van der Waals surface area contributed by atoms with Crippen molar-refractivity contribution in [2.24, 2.45) is 0 Å². The molecule has 0 radical (unpaired) electrons. The van der Waals surface area contributed by atoms with Crippen molar-refractivity contribution in [3.05, 3.63) is 16.7 Å². The van der Waals surface area contributed by atoms with Gasteiger partial charge in [-0.05, 0) is 31.0 Å². The van der Waals surface area contributed by atoms with Crippen LogP contribution in [0.5, 0.6) is 0 Å². The number of aromatic amines is 1. The minimum Gasteiger partial charge on any atom is -0.376 e. The molecule has 15 heavy (non-hydrogen) atoms. The molecule has 0 spiro atoms. The van der Waals surface area contributed by atoms with Gasteiger partial charge in [-0.1, -0.05) is 13.8 Å². The van der Waals surface area contributed by atoms with Crippen LogP contribution in [0.25, 0.3) is 0 Å². The second kappa shape index (κ2) is 4.49. The van der Waals surface area contributed by atoms with Crippen LogP contribution in [0.3, 0.4) is 0 Å². The quantitative estimate of drug-likeness (QED) is 0.803. The summed E-state index contributed by atoms with van der Waals surface area (Å²) in [6.07, 6.45) is 4.70. The van der Waals surface area contributed by atoms with Gasteiger partial charge >= 0.3 is 0 Å². The highest BCUT2D eigenvalue weighted by atomic mass is 32.1. The molecule has 1 aromatic heterocycles. The number of nitrogens with one attached hydrogen (secondary N) is 1. The number of rotatable bonds is 3. The van der Waals surface area contributed by atoms with E-state index in [0.29, 0.717) is 12.0 Å². The van der Waals surface area contributed by atoms with Crippen molar-refractivity contribution in [3.63, 3.8) is 0 Å². The second-order valence-corrected chi connectivity index (χ2v) is 4.81. The van der Waals surface area contributed by atoms with Crippen LogP contribution in [-0.4, -0.2) is 22.3 Å². The number of hydrogen-bond acceptors (Lipinski definition) is 2. The molecule has 0 amide bonds. The second-order valence-electron chi connectivity index (χ2n) is 4.42. The van der Waals surface area contributed by atoms with Crippen LogP contribution >= 0.6 is 12.2 Å². The Balaban J connectivity index is 2.18. The number of imidazole rings is 1. The zero-order chi connectivity index (χ0) is 10.8. The van der Waals surface area contributed by atoms with Crippen LogP contribution in [0.4, 0.5) is 0 Å². The van der Waals surface area contributed by atoms with E-state index in [2.05, 4.69) is 23.4 Å². The third-order valence-electron chi connectivity index (χ3n) is 2.90. The van der Waals surface area contributed by atoms with E-state index in [-0.39, 0.29) is 0 Å². The normalized spacial score (nSPS) is 21.4. The van der Waals surface area contributed by atoms with Gasteiger partial charge in [0.1, 0.15) is 0 Å². The van der Waals surface area contributed by atoms with E-state index in [1.807, 2.05) is 6.20 Å². The van der Waals surface area contributed by atoms with Gasteiger partial charge in [-0.3, -0.25) is 0 Å². The number of H-pyrrole nitrogens is 1. The van der Waals surface area contributed by atoms with Crippen LogP contribution in [0, 0.1) is 4.77 Å². The molecule has 2 rings (SSSR count). The van der Waals surface area contributed by atoms with E-state index < -0.39 is 0 Å². The molecule has 1 unspecified atom stereocenters. The number of aromatic nitrogens is 2. The lowest BCUT2D eigenvalue weighted by Gasteiger charge is -2.14. The first kappa shape index (κ1) is 10.9. The molecule has 0 aliphatic carbocycles. The lowest BCUT2D eigenvalue weighted by Crippen LogP contribution is -2.17. The van der Waals surface area contributed by atoms with Gasteiger partial charge in [-0.2, -0.15) is 0 Å². The van der Waals surface area contributed by atoms with Crippen molar-refractivity contribution in [1.82, 2.24) is 9.55 Å². The zero-order valence-corrected chi connectivity index (χ0v) is 10.1. The zero-order valence-electron chi connectivity index (χ0n) is 9.32. The fourth-order valence-corrected chi connectivity index (χ4v) is 2.31. The summed E-state index contributed by atoms with van der Waals surface area (Å²) in [6.45, 7) is 6.17. The van der Waals surface area contributed by atoms with Crippen LogP contribution in [-0.2, 0) is 11.3 Å². The predicted molar refractivity (Wildman–Crippen MR) is 62.7 cm³/mol. The number of hydrogen-bond donors (Lipinski definition) is 1. The Bertz CT molecular complexity index is 374. The largest absolute Gasteiger partial charge is 0.376 e. The average molecular weight is 226 g/mol. The fourth-order valence-electron chi connectivity index (χ4n) is 2.07. The van der Waals surface area contributed by atoms with Crippen LogP contribution < -0.4 is 0 Å². The SMILES string of the molecule is CC(C)c1c[nH]c(=S)n1CC1CCCO1. The minimum absolute atomic E-state index is 0.352. The van der Waals surface area contributed by atoms with E-state index in [9.17, 15) is 0 Å².